The number of halogens is 3. The van der Waals surface area contributed by atoms with Gasteiger partial charge in [-0.3, -0.25) is 9.59 Å². The Kier molecular flexibility index (Phi) is 7.84. The minimum Gasteiger partial charge on any atom is -0.383 e. The number of aryl methyl sites for hydroxylation is 1. The van der Waals surface area contributed by atoms with Gasteiger partial charge in [0.05, 0.1) is 4.88 Å². The van der Waals surface area contributed by atoms with Crippen molar-refractivity contribution >= 4 is 34.8 Å². The lowest BCUT2D eigenvalue weighted by atomic mass is 9.78. The predicted octanol–water partition coefficient (Wildman–Crippen LogP) is 5.61. The normalized spacial score (nSPS) is 19.8. The number of fused-ring (bicyclic) bond motifs is 1. The van der Waals surface area contributed by atoms with Gasteiger partial charge in [0, 0.05) is 42.7 Å². The van der Waals surface area contributed by atoms with Crippen LogP contribution < -0.4 is 16.0 Å². The average Bonchev–Trinajstić information content (AvgIpc) is 3.64. The summed E-state index contributed by atoms with van der Waals surface area (Å²) >= 11 is 1.35. The predicted molar refractivity (Wildman–Crippen MR) is 158 cm³/mol. The summed E-state index contributed by atoms with van der Waals surface area (Å²) in [6, 6.07) is 11.8. The molecule has 1 aliphatic heterocycles. The van der Waals surface area contributed by atoms with Crippen molar-refractivity contribution in [1.82, 2.24) is 25.6 Å². The first-order valence-corrected chi connectivity index (χ1v) is 14.9. The first-order chi connectivity index (χ1) is 21.0. The van der Waals surface area contributed by atoms with E-state index in [1.165, 1.54) is 11.3 Å². The van der Waals surface area contributed by atoms with Crippen molar-refractivity contribution in [2.75, 3.05) is 5.32 Å². The number of aliphatic hydroxyl groups is 1. The van der Waals surface area contributed by atoms with Crippen LogP contribution in [0.25, 0.3) is 10.4 Å². The van der Waals surface area contributed by atoms with E-state index in [0.717, 1.165) is 39.4 Å². The van der Waals surface area contributed by atoms with Crippen LogP contribution in [-0.2, 0) is 29.7 Å². The minimum absolute atomic E-state index is 0.0775. The molecule has 0 saturated heterocycles. The fourth-order valence-corrected chi connectivity index (χ4v) is 6.76. The molecule has 0 unspecified atom stereocenters. The van der Waals surface area contributed by atoms with Crippen molar-refractivity contribution in [3.8, 4) is 10.4 Å². The molecule has 2 amide bonds. The van der Waals surface area contributed by atoms with Gasteiger partial charge >= 0.3 is 6.18 Å². The first kappa shape index (κ1) is 29.7. The third kappa shape index (κ3) is 6.15. The molecular weight excluding hydrogens is 593 g/mol. The lowest BCUT2D eigenvalue weighted by Gasteiger charge is -2.34. The van der Waals surface area contributed by atoms with Crippen LogP contribution in [0.5, 0.6) is 0 Å². The summed E-state index contributed by atoms with van der Waals surface area (Å²) in [6.07, 6.45) is -0.0934. The van der Waals surface area contributed by atoms with Gasteiger partial charge in [-0.2, -0.15) is 13.2 Å². The molecule has 2 aromatic heterocycles. The van der Waals surface area contributed by atoms with Gasteiger partial charge in [0.25, 0.3) is 5.91 Å². The second kappa shape index (κ2) is 11.6. The summed E-state index contributed by atoms with van der Waals surface area (Å²) in [5.74, 6) is -0.591. The van der Waals surface area contributed by atoms with Crippen molar-refractivity contribution in [2.45, 2.75) is 57.5 Å². The fourth-order valence-electron chi connectivity index (χ4n) is 5.71. The largest absolute Gasteiger partial charge is 0.433 e. The quantitative estimate of drug-likeness (QED) is 0.211. The molecule has 228 valence electrons. The number of alkyl halides is 3. The van der Waals surface area contributed by atoms with E-state index in [2.05, 4.69) is 30.9 Å². The molecule has 1 fully saturated rings. The van der Waals surface area contributed by atoms with Crippen LogP contribution in [0.4, 0.5) is 24.8 Å². The number of carbonyl (C=O) groups excluding carboxylic acids is 2. The highest BCUT2D eigenvalue weighted by molar-refractivity contribution is 7.15. The Labute approximate surface area is 255 Å². The molecule has 0 radical (unpaired) electrons. The Bertz CT molecular complexity index is 1730. The smallest absolute Gasteiger partial charge is 0.383 e. The van der Waals surface area contributed by atoms with E-state index >= 15 is 0 Å². The SMILES string of the molecule is Cc1cc(Nc2nccc(C(F)(F)F)n2)cc(-c2cnc(C3(O)CCC(C(=O)NCc4cccc5c4CNC5=O)CC3)s2)c1. The molecule has 6 rings (SSSR count). The standard InChI is InChI=1S/C31H29F3N6O3S/c1-17-11-20(13-21(12-17)39-29-35-10-7-25(40-29)31(32,33)34)24-16-38-28(44-24)30(43)8-5-18(6-9-30)26(41)36-14-19-3-2-4-22-23(19)15-37-27(22)42/h2-4,7,10-13,16,18,43H,5-6,8-9,14-15H2,1H3,(H,36,41)(H,37,42)(H,35,39,40). The summed E-state index contributed by atoms with van der Waals surface area (Å²) in [6.45, 7) is 2.66. The van der Waals surface area contributed by atoms with Gasteiger partial charge in [-0.25, -0.2) is 15.0 Å². The second-order valence-corrected chi connectivity index (χ2v) is 12.2. The molecule has 2 aromatic carbocycles. The van der Waals surface area contributed by atoms with Crippen LogP contribution in [-0.4, -0.2) is 31.9 Å². The lowest BCUT2D eigenvalue weighted by Crippen LogP contribution is -2.38. The van der Waals surface area contributed by atoms with Crippen LogP contribution in [0.2, 0.25) is 0 Å². The number of nitrogens with one attached hydrogen (secondary N) is 3. The van der Waals surface area contributed by atoms with Crippen molar-refractivity contribution in [3.05, 3.63) is 87.8 Å². The van der Waals surface area contributed by atoms with E-state index in [0.29, 0.717) is 55.0 Å². The van der Waals surface area contributed by atoms with E-state index in [4.69, 9.17) is 0 Å². The highest BCUT2D eigenvalue weighted by Crippen LogP contribution is 2.43. The van der Waals surface area contributed by atoms with Crippen LogP contribution in [0.15, 0.2) is 54.9 Å². The molecule has 0 atom stereocenters. The van der Waals surface area contributed by atoms with Crippen molar-refractivity contribution in [2.24, 2.45) is 5.92 Å². The summed E-state index contributed by atoms with van der Waals surface area (Å²) in [7, 11) is 0. The van der Waals surface area contributed by atoms with Crippen LogP contribution in [0.3, 0.4) is 0 Å². The first-order valence-electron chi connectivity index (χ1n) is 14.1. The zero-order chi connectivity index (χ0) is 31.1. The summed E-state index contributed by atoms with van der Waals surface area (Å²) in [5.41, 5.74) is 2.43. The third-order valence-corrected chi connectivity index (χ3v) is 9.29. The molecule has 9 nitrogen and oxygen atoms in total. The minimum atomic E-state index is -4.58. The molecular formula is C31H29F3N6O3S. The Morgan fingerprint density at radius 1 is 1.16 bits per heavy atom. The number of amides is 2. The molecule has 44 heavy (non-hydrogen) atoms. The number of benzene rings is 2. The molecule has 2 aliphatic rings. The number of rotatable bonds is 7. The highest BCUT2D eigenvalue weighted by atomic mass is 32.1. The zero-order valence-electron chi connectivity index (χ0n) is 23.7. The molecule has 4 N–H and O–H groups in total. The topological polar surface area (TPSA) is 129 Å². The lowest BCUT2D eigenvalue weighted by molar-refractivity contribution is -0.141. The van der Waals surface area contributed by atoms with Gasteiger partial charge in [-0.15, -0.1) is 11.3 Å². The van der Waals surface area contributed by atoms with Crippen LogP contribution in [0.1, 0.15) is 63.4 Å². The maximum absolute atomic E-state index is 13.1. The van der Waals surface area contributed by atoms with E-state index in [1.54, 1.807) is 24.4 Å². The number of thiazole rings is 1. The van der Waals surface area contributed by atoms with Gasteiger partial charge in [0.15, 0.2) is 0 Å². The number of hydrogen-bond donors (Lipinski definition) is 4. The Balaban J connectivity index is 1.09. The van der Waals surface area contributed by atoms with Crippen LogP contribution >= 0.6 is 11.3 Å². The molecule has 3 heterocycles. The molecule has 0 bridgehead atoms. The van der Waals surface area contributed by atoms with E-state index in [-0.39, 0.29) is 23.7 Å². The van der Waals surface area contributed by atoms with Gasteiger partial charge < -0.3 is 21.1 Å². The number of hydrogen-bond acceptors (Lipinski definition) is 8. The van der Waals surface area contributed by atoms with E-state index < -0.39 is 17.5 Å². The number of aromatic nitrogens is 3. The number of nitrogens with zero attached hydrogens (tertiary/aromatic N) is 3. The van der Waals surface area contributed by atoms with Crippen molar-refractivity contribution in [3.63, 3.8) is 0 Å². The molecule has 1 aliphatic carbocycles. The summed E-state index contributed by atoms with van der Waals surface area (Å²) < 4.78 is 39.2. The van der Waals surface area contributed by atoms with E-state index in [9.17, 15) is 27.9 Å². The molecule has 4 aromatic rings. The zero-order valence-corrected chi connectivity index (χ0v) is 24.5. The van der Waals surface area contributed by atoms with Gasteiger partial charge in [0.2, 0.25) is 11.9 Å². The Morgan fingerprint density at radius 2 is 1.95 bits per heavy atom. The average molecular weight is 623 g/mol. The summed E-state index contributed by atoms with van der Waals surface area (Å²) in [4.78, 5) is 37.7. The maximum atomic E-state index is 13.1. The van der Waals surface area contributed by atoms with Gasteiger partial charge in [-0.1, -0.05) is 18.2 Å². The molecule has 13 heteroatoms. The highest BCUT2D eigenvalue weighted by Gasteiger charge is 2.39. The second-order valence-electron chi connectivity index (χ2n) is 11.2. The maximum Gasteiger partial charge on any atom is 0.433 e. The Morgan fingerprint density at radius 3 is 2.73 bits per heavy atom. The van der Waals surface area contributed by atoms with Crippen LogP contribution in [0, 0.1) is 12.8 Å². The monoisotopic (exact) mass is 622 g/mol. The molecule has 1 saturated carbocycles. The van der Waals surface area contributed by atoms with E-state index in [1.807, 2.05) is 25.1 Å². The number of anilines is 2. The summed E-state index contributed by atoms with van der Waals surface area (Å²) in [5, 5.41) is 20.7. The van der Waals surface area contributed by atoms with Crippen molar-refractivity contribution < 1.29 is 27.9 Å². The fraction of sp³-hybridized carbons (Fsp3) is 0.323. The Hall–Kier alpha value is -4.36. The third-order valence-electron chi connectivity index (χ3n) is 8.05. The van der Waals surface area contributed by atoms with Gasteiger partial charge in [0.1, 0.15) is 16.3 Å². The number of carbonyl (C=O) groups is 2. The van der Waals surface area contributed by atoms with Crippen molar-refractivity contribution in [1.29, 1.82) is 0 Å². The molecule has 0 spiro atoms. The van der Waals surface area contributed by atoms with Gasteiger partial charge in [-0.05, 0) is 79.1 Å².